The van der Waals surface area contributed by atoms with Crippen molar-refractivity contribution in [3.8, 4) is 0 Å². The summed E-state index contributed by atoms with van der Waals surface area (Å²) in [6.07, 6.45) is 7.15. The Labute approximate surface area is 221 Å². The third-order valence-corrected chi connectivity index (χ3v) is 8.94. The van der Waals surface area contributed by atoms with Crippen molar-refractivity contribution in [3.63, 3.8) is 0 Å². The van der Waals surface area contributed by atoms with E-state index < -0.39 is 40.7 Å². The molecule has 3 fully saturated rings. The van der Waals surface area contributed by atoms with Gasteiger partial charge in [0.25, 0.3) is 0 Å². The van der Waals surface area contributed by atoms with Crippen molar-refractivity contribution < 1.29 is 23.5 Å². The summed E-state index contributed by atoms with van der Waals surface area (Å²) in [4.78, 5) is 27.9. The summed E-state index contributed by atoms with van der Waals surface area (Å²) in [6.45, 7) is 7.90. The maximum absolute atomic E-state index is 15.6. The topological polar surface area (TPSA) is 90.5 Å². The van der Waals surface area contributed by atoms with Gasteiger partial charge in [-0.15, -0.1) is 0 Å². The molecule has 1 spiro atoms. The molecule has 2 aliphatic heterocycles. The molecule has 5 rings (SSSR count). The van der Waals surface area contributed by atoms with Gasteiger partial charge in [0.2, 0.25) is 11.8 Å². The summed E-state index contributed by atoms with van der Waals surface area (Å²) in [7, 11) is 0. The van der Waals surface area contributed by atoms with E-state index in [9.17, 15) is 19.1 Å². The number of hydrogen-bond acceptors (Lipinski definition) is 4. The van der Waals surface area contributed by atoms with Gasteiger partial charge in [0.15, 0.2) is 11.7 Å². The smallest absolute Gasteiger partial charge is 0.238 e. The molecule has 37 heavy (non-hydrogen) atoms. The fraction of sp³-hybridized carbons (Fsp3) is 0.643. The third-order valence-electron chi connectivity index (χ3n) is 8.67. The quantitative estimate of drug-likeness (QED) is 0.429. The lowest BCUT2D eigenvalue weighted by Crippen LogP contribution is -2.57. The molecule has 6 nitrogen and oxygen atoms in total. The van der Waals surface area contributed by atoms with Gasteiger partial charge in [-0.3, -0.25) is 9.59 Å². The van der Waals surface area contributed by atoms with Gasteiger partial charge in [-0.1, -0.05) is 38.4 Å². The van der Waals surface area contributed by atoms with Crippen LogP contribution >= 0.6 is 11.6 Å². The minimum Gasteiger partial charge on any atom is -0.390 e. The van der Waals surface area contributed by atoms with Crippen molar-refractivity contribution in [3.05, 3.63) is 46.2 Å². The van der Waals surface area contributed by atoms with Crippen LogP contribution in [0, 0.1) is 22.7 Å². The van der Waals surface area contributed by atoms with E-state index in [0.29, 0.717) is 42.8 Å². The number of fused-ring (bicyclic) bond motifs is 2. The van der Waals surface area contributed by atoms with E-state index in [1.165, 1.54) is 6.08 Å². The summed E-state index contributed by atoms with van der Waals surface area (Å²) in [5, 5.41) is 20.1. The molecule has 0 aromatic rings. The Morgan fingerprint density at radius 3 is 2.62 bits per heavy atom. The Morgan fingerprint density at radius 1 is 1.27 bits per heavy atom. The number of rotatable bonds is 4. The monoisotopic (exact) mass is 535 g/mol. The van der Waals surface area contributed by atoms with Crippen LogP contribution < -0.4 is 16.0 Å². The molecule has 9 heteroatoms. The van der Waals surface area contributed by atoms with Crippen molar-refractivity contribution in [2.45, 2.75) is 89.9 Å². The van der Waals surface area contributed by atoms with Crippen molar-refractivity contribution in [1.82, 2.24) is 16.0 Å². The highest BCUT2D eigenvalue weighted by molar-refractivity contribution is 6.31. The number of aliphatic hydroxyl groups is 1. The average molecular weight is 536 g/mol. The molecule has 0 aromatic heterocycles. The first-order chi connectivity index (χ1) is 17.2. The lowest BCUT2D eigenvalue weighted by Gasteiger charge is -2.43. The van der Waals surface area contributed by atoms with Crippen LogP contribution in [0.15, 0.2) is 46.2 Å². The molecular formula is C28H36ClF2N3O3. The van der Waals surface area contributed by atoms with Crippen molar-refractivity contribution in [2.24, 2.45) is 22.7 Å². The van der Waals surface area contributed by atoms with Gasteiger partial charge >= 0.3 is 0 Å². The Balaban J connectivity index is 1.63. The molecule has 2 saturated heterocycles. The predicted molar refractivity (Wildman–Crippen MR) is 137 cm³/mol. The number of halogens is 3. The lowest BCUT2D eigenvalue weighted by atomic mass is 9.57. The SMILES string of the molecule is CC(C)(C)C[C@H]1N[C@@H](C(=O)NC2CC(C)(O)C2)[C@H](C2=C(F)C(F)=CCC2)[C@@]12C(=O)NC1=CC(Cl)=CCC12. The summed E-state index contributed by atoms with van der Waals surface area (Å²) in [6, 6.07) is -1.61. The van der Waals surface area contributed by atoms with Crippen LogP contribution in [0.2, 0.25) is 0 Å². The Morgan fingerprint density at radius 2 is 1.97 bits per heavy atom. The zero-order chi connectivity index (χ0) is 26.9. The summed E-state index contributed by atoms with van der Waals surface area (Å²) < 4.78 is 30.2. The highest BCUT2D eigenvalue weighted by Crippen LogP contribution is 2.60. The van der Waals surface area contributed by atoms with Crippen molar-refractivity contribution >= 4 is 23.4 Å². The first-order valence-corrected chi connectivity index (χ1v) is 13.5. The highest BCUT2D eigenvalue weighted by Gasteiger charge is 2.69. The third kappa shape index (κ3) is 4.49. The Bertz CT molecular complexity index is 1140. The molecule has 0 bridgehead atoms. The second-order valence-electron chi connectivity index (χ2n) is 12.8. The van der Waals surface area contributed by atoms with E-state index in [1.807, 2.05) is 6.08 Å². The molecule has 5 aliphatic rings. The first-order valence-electron chi connectivity index (χ1n) is 13.1. The van der Waals surface area contributed by atoms with Gasteiger partial charge in [-0.05, 0) is 68.6 Å². The van der Waals surface area contributed by atoms with E-state index in [1.54, 1.807) is 13.0 Å². The average Bonchev–Trinajstić information content (AvgIpc) is 3.23. The Kier molecular flexibility index (Phi) is 6.48. The molecule has 202 valence electrons. The first kappa shape index (κ1) is 26.6. The summed E-state index contributed by atoms with van der Waals surface area (Å²) >= 11 is 6.28. The van der Waals surface area contributed by atoms with Gasteiger partial charge in [0, 0.05) is 34.6 Å². The van der Waals surface area contributed by atoms with Gasteiger partial charge in [0.1, 0.15) is 0 Å². The molecule has 2 amide bonds. The largest absolute Gasteiger partial charge is 0.390 e. The van der Waals surface area contributed by atoms with E-state index in [4.69, 9.17) is 11.6 Å². The van der Waals surface area contributed by atoms with Crippen LogP contribution in [-0.2, 0) is 9.59 Å². The minimum absolute atomic E-state index is 0.182. The summed E-state index contributed by atoms with van der Waals surface area (Å²) in [5.74, 6) is -3.79. The van der Waals surface area contributed by atoms with Crippen molar-refractivity contribution in [1.29, 1.82) is 0 Å². The second kappa shape index (κ2) is 9.02. The van der Waals surface area contributed by atoms with Crippen LogP contribution in [0.25, 0.3) is 0 Å². The Hall–Kier alpha value is -2.03. The normalized spacial score (nSPS) is 39.5. The number of allylic oxidation sites excluding steroid dienone is 7. The number of hydrogen-bond donors (Lipinski definition) is 4. The standard InChI is InChI=1S/C28H36ClF2N3O3/c1-26(2,3)13-20-28(17-9-8-14(29)10-19(17)33-25(28)36)21(16-6-5-7-18(30)22(16)31)23(34-20)24(35)32-15-11-27(4,37)12-15/h7-8,10,15,17,20-21,23,34,37H,5-6,9,11-13H2,1-4H3,(H,32,35)(H,33,36)/t15?,17?,20-,21+,23-,27?,28+/m1/s1. The van der Waals surface area contributed by atoms with Gasteiger partial charge in [0.05, 0.1) is 17.1 Å². The minimum atomic E-state index is -1.20. The number of nitrogens with one attached hydrogen (secondary N) is 3. The highest BCUT2D eigenvalue weighted by atomic mass is 35.5. The molecule has 4 N–H and O–H groups in total. The van der Waals surface area contributed by atoms with E-state index in [0.717, 1.165) is 0 Å². The van der Waals surface area contributed by atoms with Crippen LogP contribution in [0.3, 0.4) is 0 Å². The molecule has 1 unspecified atom stereocenters. The van der Waals surface area contributed by atoms with Gasteiger partial charge in [-0.2, -0.15) is 0 Å². The second-order valence-corrected chi connectivity index (χ2v) is 13.3. The summed E-state index contributed by atoms with van der Waals surface area (Å²) in [5.41, 5.74) is -1.41. The van der Waals surface area contributed by atoms with E-state index in [2.05, 4.69) is 36.7 Å². The molecule has 0 aromatic carbocycles. The molecule has 5 atom stereocenters. The van der Waals surface area contributed by atoms with Crippen LogP contribution in [0.4, 0.5) is 8.78 Å². The zero-order valence-corrected chi connectivity index (χ0v) is 22.5. The fourth-order valence-corrected chi connectivity index (χ4v) is 7.50. The van der Waals surface area contributed by atoms with Gasteiger partial charge < -0.3 is 21.1 Å². The molecule has 0 radical (unpaired) electrons. The van der Waals surface area contributed by atoms with E-state index >= 15 is 4.39 Å². The maximum Gasteiger partial charge on any atom is 0.238 e. The van der Waals surface area contributed by atoms with E-state index in [-0.39, 0.29) is 41.2 Å². The molecule has 1 saturated carbocycles. The van der Waals surface area contributed by atoms with Crippen LogP contribution in [-0.4, -0.2) is 40.6 Å². The van der Waals surface area contributed by atoms with Crippen molar-refractivity contribution in [2.75, 3.05) is 0 Å². The van der Waals surface area contributed by atoms with Crippen LogP contribution in [0.5, 0.6) is 0 Å². The lowest BCUT2D eigenvalue weighted by molar-refractivity contribution is -0.132. The van der Waals surface area contributed by atoms with Gasteiger partial charge in [-0.25, -0.2) is 8.78 Å². The number of carbonyl (C=O) groups is 2. The molecule has 3 aliphatic carbocycles. The molecular weight excluding hydrogens is 500 g/mol. The number of carbonyl (C=O) groups excluding carboxylic acids is 2. The number of amides is 2. The maximum atomic E-state index is 15.6. The molecule has 2 heterocycles. The zero-order valence-electron chi connectivity index (χ0n) is 21.8. The fourth-order valence-electron chi connectivity index (χ4n) is 7.29. The predicted octanol–water partition coefficient (Wildman–Crippen LogP) is 4.42. The van der Waals surface area contributed by atoms with Crippen LogP contribution in [0.1, 0.15) is 66.2 Å².